The molecule has 1 atom stereocenters. The molecule has 0 radical (unpaired) electrons. The summed E-state index contributed by atoms with van der Waals surface area (Å²) in [6.45, 7) is 6.12. The summed E-state index contributed by atoms with van der Waals surface area (Å²) in [5, 5.41) is 0. The molecule has 0 aliphatic carbocycles. The van der Waals surface area contributed by atoms with Gasteiger partial charge in [0.2, 0.25) is 0 Å². The van der Waals surface area contributed by atoms with E-state index in [1.54, 1.807) is 0 Å². The molecule has 1 nitrogen and oxygen atoms in total. The zero-order valence-electron chi connectivity index (χ0n) is 24.4. The normalized spacial score (nSPS) is 12.5. The molecule has 0 aromatic heterocycles. The van der Waals surface area contributed by atoms with Gasteiger partial charge in [-0.2, -0.15) is 0 Å². The van der Waals surface area contributed by atoms with E-state index in [0.29, 0.717) is 0 Å². The van der Waals surface area contributed by atoms with Crippen molar-refractivity contribution < 1.29 is 0 Å². The van der Waals surface area contributed by atoms with Crippen LogP contribution in [0.15, 0.2) is 12.7 Å². The average Bonchev–Trinajstić information content (AvgIpc) is 2.83. The van der Waals surface area contributed by atoms with Gasteiger partial charge in [-0.3, -0.25) is 0 Å². The number of allylic oxidation sites excluding steroid dienone is 1. The van der Waals surface area contributed by atoms with E-state index >= 15 is 0 Å². The van der Waals surface area contributed by atoms with Gasteiger partial charge in [-0.15, -0.1) is 6.58 Å². The molecular weight excluding hydrogens is 410 g/mol. The molecule has 1 unspecified atom stereocenters. The molecule has 0 N–H and O–H groups in total. The largest absolute Gasteiger partial charge is 0.306 e. The topological polar surface area (TPSA) is 3.24 Å². The van der Waals surface area contributed by atoms with Crippen LogP contribution < -0.4 is 0 Å². The van der Waals surface area contributed by atoms with Gasteiger partial charge in [-0.05, 0) is 39.8 Å². The molecule has 0 saturated heterocycles. The zero-order chi connectivity index (χ0) is 25.0. The Hall–Kier alpha value is -0.300. The first kappa shape index (κ1) is 33.7. The van der Waals surface area contributed by atoms with E-state index in [9.17, 15) is 0 Å². The lowest BCUT2D eigenvalue weighted by molar-refractivity contribution is 0.251. The van der Waals surface area contributed by atoms with E-state index in [1.165, 1.54) is 173 Å². The van der Waals surface area contributed by atoms with Crippen molar-refractivity contribution in [3.05, 3.63) is 12.7 Å². The van der Waals surface area contributed by atoms with Crippen molar-refractivity contribution in [3.8, 4) is 0 Å². The van der Waals surface area contributed by atoms with Crippen molar-refractivity contribution in [2.45, 2.75) is 186 Å². The fraction of sp³-hybridized carbons (Fsp3) is 0.939. The van der Waals surface area contributed by atoms with Crippen LogP contribution in [0.4, 0.5) is 0 Å². The minimum absolute atomic E-state index is 0.805. The van der Waals surface area contributed by atoms with Gasteiger partial charge in [-0.25, -0.2) is 0 Å². The van der Waals surface area contributed by atoms with Gasteiger partial charge in [0.1, 0.15) is 0 Å². The maximum Gasteiger partial charge on any atom is 0.00891 e. The van der Waals surface area contributed by atoms with E-state index in [4.69, 9.17) is 0 Å². The predicted molar refractivity (Wildman–Crippen MR) is 158 cm³/mol. The second kappa shape index (κ2) is 28.9. The van der Waals surface area contributed by atoms with Crippen LogP contribution in [0.5, 0.6) is 0 Å². The zero-order valence-corrected chi connectivity index (χ0v) is 24.4. The smallest absolute Gasteiger partial charge is 0.00891 e. The summed E-state index contributed by atoms with van der Waals surface area (Å²) in [4.78, 5) is 2.48. The minimum Gasteiger partial charge on any atom is -0.306 e. The van der Waals surface area contributed by atoms with E-state index < -0.39 is 0 Å². The van der Waals surface area contributed by atoms with Crippen molar-refractivity contribution in [3.63, 3.8) is 0 Å². The third-order valence-corrected chi connectivity index (χ3v) is 7.82. The van der Waals surface area contributed by atoms with Crippen LogP contribution in [0.3, 0.4) is 0 Å². The molecule has 0 spiro atoms. The molecular formula is C33H67N. The summed E-state index contributed by atoms with van der Waals surface area (Å²) in [6, 6.07) is 0.805. The number of hydrogen-bond donors (Lipinski definition) is 0. The lowest BCUT2D eigenvalue weighted by atomic mass is 9.99. The summed E-state index contributed by atoms with van der Waals surface area (Å²) >= 11 is 0. The Balaban J connectivity index is 3.32. The van der Waals surface area contributed by atoms with Crippen LogP contribution >= 0.6 is 0 Å². The van der Waals surface area contributed by atoms with Crippen LogP contribution in [0.2, 0.25) is 0 Å². The summed E-state index contributed by atoms with van der Waals surface area (Å²) in [7, 11) is 4.56. The first-order chi connectivity index (χ1) is 16.7. The monoisotopic (exact) mass is 478 g/mol. The number of rotatable bonds is 29. The summed E-state index contributed by atoms with van der Waals surface area (Å²) in [6.07, 6.45) is 40.9. The Morgan fingerprint density at radius 2 is 0.765 bits per heavy atom. The van der Waals surface area contributed by atoms with E-state index in [1.807, 2.05) is 0 Å². The highest BCUT2D eigenvalue weighted by Crippen LogP contribution is 2.18. The van der Waals surface area contributed by atoms with Crippen LogP contribution in [-0.2, 0) is 0 Å². The Labute approximate surface area is 217 Å². The van der Waals surface area contributed by atoms with Crippen LogP contribution in [-0.4, -0.2) is 25.0 Å². The van der Waals surface area contributed by atoms with Crippen molar-refractivity contribution in [1.82, 2.24) is 4.90 Å². The fourth-order valence-electron chi connectivity index (χ4n) is 5.32. The number of nitrogens with zero attached hydrogens (tertiary/aromatic N) is 1. The van der Waals surface area contributed by atoms with E-state index in [-0.39, 0.29) is 0 Å². The standard InChI is InChI=1S/C33H67N/c1-5-7-9-11-13-14-15-16-17-18-19-20-21-22-23-24-26-28-30-32-33(34(3)4)31-29-27-25-12-10-8-6-2/h6,33H,2,5,7-32H2,1,3-4H3. The van der Waals surface area contributed by atoms with Gasteiger partial charge >= 0.3 is 0 Å². The first-order valence-electron chi connectivity index (χ1n) is 16.0. The number of hydrogen-bond acceptors (Lipinski definition) is 1. The van der Waals surface area contributed by atoms with Gasteiger partial charge in [0.05, 0.1) is 0 Å². The highest BCUT2D eigenvalue weighted by molar-refractivity contribution is 4.68. The third-order valence-electron chi connectivity index (χ3n) is 7.82. The van der Waals surface area contributed by atoms with Crippen molar-refractivity contribution in [2.75, 3.05) is 14.1 Å². The van der Waals surface area contributed by atoms with E-state index in [0.717, 1.165) is 6.04 Å². The second-order valence-electron chi connectivity index (χ2n) is 11.4. The van der Waals surface area contributed by atoms with E-state index in [2.05, 4.69) is 38.6 Å². The molecule has 1 heteroatoms. The lowest BCUT2D eigenvalue weighted by Gasteiger charge is -2.24. The molecule has 0 rings (SSSR count). The fourth-order valence-corrected chi connectivity index (χ4v) is 5.32. The summed E-state index contributed by atoms with van der Waals surface area (Å²) < 4.78 is 0. The third kappa shape index (κ3) is 26.3. The van der Waals surface area contributed by atoms with Gasteiger partial charge in [0.25, 0.3) is 0 Å². The Morgan fingerprint density at radius 1 is 0.471 bits per heavy atom. The van der Waals surface area contributed by atoms with Crippen LogP contribution in [0, 0.1) is 0 Å². The van der Waals surface area contributed by atoms with Gasteiger partial charge in [0, 0.05) is 6.04 Å². The SMILES string of the molecule is C=CCCCCCCCC(CCCCCCCCCCCCCCCCCCCCC)N(C)C. The maximum atomic E-state index is 3.82. The highest BCUT2D eigenvalue weighted by atomic mass is 15.1. The molecule has 0 aliphatic heterocycles. The molecule has 0 saturated carbocycles. The first-order valence-corrected chi connectivity index (χ1v) is 16.0. The molecule has 204 valence electrons. The molecule has 0 aromatic rings. The minimum atomic E-state index is 0.805. The predicted octanol–water partition coefficient (Wildman–Crippen LogP) is 11.7. The quantitative estimate of drug-likeness (QED) is 0.0764. The molecule has 0 amide bonds. The summed E-state index contributed by atoms with van der Waals surface area (Å²) in [5.74, 6) is 0. The van der Waals surface area contributed by atoms with Gasteiger partial charge in [-0.1, -0.05) is 161 Å². The van der Waals surface area contributed by atoms with Crippen molar-refractivity contribution >= 4 is 0 Å². The highest BCUT2D eigenvalue weighted by Gasteiger charge is 2.10. The molecule has 0 aromatic carbocycles. The molecule has 0 aliphatic rings. The Kier molecular flexibility index (Phi) is 28.7. The van der Waals surface area contributed by atoms with Crippen LogP contribution in [0.1, 0.15) is 180 Å². The lowest BCUT2D eigenvalue weighted by Crippen LogP contribution is -2.27. The Bertz CT molecular complexity index is 375. The van der Waals surface area contributed by atoms with Crippen molar-refractivity contribution in [2.24, 2.45) is 0 Å². The van der Waals surface area contributed by atoms with Crippen molar-refractivity contribution in [1.29, 1.82) is 0 Å². The summed E-state index contributed by atoms with van der Waals surface area (Å²) in [5.41, 5.74) is 0. The molecule has 0 heterocycles. The molecule has 0 bridgehead atoms. The van der Waals surface area contributed by atoms with Crippen LogP contribution in [0.25, 0.3) is 0 Å². The average molecular weight is 478 g/mol. The maximum absolute atomic E-state index is 3.82. The molecule has 34 heavy (non-hydrogen) atoms. The van der Waals surface area contributed by atoms with Gasteiger partial charge in [0.15, 0.2) is 0 Å². The number of unbranched alkanes of at least 4 members (excludes halogenated alkanes) is 23. The second-order valence-corrected chi connectivity index (χ2v) is 11.4. The molecule has 0 fully saturated rings. The van der Waals surface area contributed by atoms with Gasteiger partial charge < -0.3 is 4.90 Å². The Morgan fingerprint density at radius 3 is 1.06 bits per heavy atom.